The van der Waals surface area contributed by atoms with Crippen molar-refractivity contribution in [1.82, 2.24) is 10.3 Å². The minimum Gasteiger partial charge on any atom is -0.310 e. The van der Waals surface area contributed by atoms with Gasteiger partial charge in [0.05, 0.1) is 5.01 Å². The number of aryl methyl sites for hydroxylation is 1. The lowest BCUT2D eigenvalue weighted by Crippen LogP contribution is -2.24. The molecule has 0 saturated carbocycles. The third kappa shape index (κ3) is 4.29. The lowest BCUT2D eigenvalue weighted by molar-refractivity contribution is 0.528. The number of aromatic nitrogens is 1. The molecule has 108 valence electrons. The third-order valence-electron chi connectivity index (χ3n) is 3.02. The quantitative estimate of drug-likeness (QED) is 0.757. The Balaban J connectivity index is 2.24. The summed E-state index contributed by atoms with van der Waals surface area (Å²) < 4.78 is 1.05. The molecule has 0 amide bonds. The predicted octanol–water partition coefficient (Wildman–Crippen LogP) is 5.15. The molecule has 0 spiro atoms. The lowest BCUT2D eigenvalue weighted by Gasteiger charge is -2.19. The molecule has 1 heterocycles. The molecule has 1 aromatic carbocycles. The first-order valence-electron chi connectivity index (χ1n) is 6.69. The molecule has 0 saturated heterocycles. The summed E-state index contributed by atoms with van der Waals surface area (Å²) in [5.41, 5.74) is 2.21. The highest BCUT2D eigenvalue weighted by molar-refractivity contribution is 9.10. The van der Waals surface area contributed by atoms with Gasteiger partial charge in [0.15, 0.2) is 0 Å². The fraction of sp³-hybridized carbons (Fsp3) is 0.400. The van der Waals surface area contributed by atoms with Crippen molar-refractivity contribution < 1.29 is 0 Å². The second-order valence-corrected chi connectivity index (χ2v) is 7.02. The SMILES string of the molecule is CCCNC(Cc1nc(C)cs1)c1cc(Br)ccc1Cl. The van der Waals surface area contributed by atoms with E-state index in [0.29, 0.717) is 0 Å². The average Bonchev–Trinajstić information content (AvgIpc) is 2.83. The summed E-state index contributed by atoms with van der Waals surface area (Å²) in [5, 5.41) is 7.61. The summed E-state index contributed by atoms with van der Waals surface area (Å²) in [7, 11) is 0. The zero-order valence-electron chi connectivity index (χ0n) is 11.6. The van der Waals surface area contributed by atoms with Crippen LogP contribution < -0.4 is 5.32 Å². The van der Waals surface area contributed by atoms with Gasteiger partial charge in [0, 0.05) is 33.0 Å². The molecule has 1 N–H and O–H groups in total. The minimum absolute atomic E-state index is 0.200. The van der Waals surface area contributed by atoms with Gasteiger partial charge in [-0.25, -0.2) is 4.98 Å². The normalized spacial score (nSPS) is 12.6. The number of benzene rings is 1. The Bertz CT molecular complexity index is 571. The molecule has 1 unspecified atom stereocenters. The summed E-state index contributed by atoms with van der Waals surface area (Å²) >= 11 is 11.6. The van der Waals surface area contributed by atoms with Crippen LogP contribution in [0.4, 0.5) is 0 Å². The van der Waals surface area contributed by atoms with E-state index in [-0.39, 0.29) is 6.04 Å². The Morgan fingerprint density at radius 2 is 2.25 bits per heavy atom. The van der Waals surface area contributed by atoms with Crippen LogP contribution in [0.15, 0.2) is 28.1 Å². The van der Waals surface area contributed by atoms with Crippen LogP contribution in [0.25, 0.3) is 0 Å². The summed E-state index contributed by atoms with van der Waals surface area (Å²) in [5.74, 6) is 0. The van der Waals surface area contributed by atoms with Gasteiger partial charge >= 0.3 is 0 Å². The molecular formula is C15H18BrClN2S. The van der Waals surface area contributed by atoms with Gasteiger partial charge in [-0.15, -0.1) is 11.3 Å². The van der Waals surface area contributed by atoms with Crippen LogP contribution in [-0.4, -0.2) is 11.5 Å². The number of nitrogens with zero attached hydrogens (tertiary/aromatic N) is 1. The molecule has 0 aliphatic heterocycles. The molecule has 0 aliphatic carbocycles. The fourth-order valence-corrected chi connectivity index (χ4v) is 3.51. The van der Waals surface area contributed by atoms with E-state index in [1.165, 1.54) is 0 Å². The van der Waals surface area contributed by atoms with Crippen molar-refractivity contribution in [2.24, 2.45) is 0 Å². The van der Waals surface area contributed by atoms with Gasteiger partial charge in [0.1, 0.15) is 0 Å². The van der Waals surface area contributed by atoms with Gasteiger partial charge in [0.25, 0.3) is 0 Å². The molecule has 2 nitrogen and oxygen atoms in total. The van der Waals surface area contributed by atoms with Gasteiger partial charge in [-0.05, 0) is 43.7 Å². The Labute approximate surface area is 137 Å². The molecular weight excluding hydrogens is 356 g/mol. The molecule has 5 heteroatoms. The highest BCUT2D eigenvalue weighted by Crippen LogP contribution is 2.29. The number of halogens is 2. The van der Waals surface area contributed by atoms with Crippen LogP contribution in [0.3, 0.4) is 0 Å². The Morgan fingerprint density at radius 3 is 2.90 bits per heavy atom. The van der Waals surface area contributed by atoms with Crippen LogP contribution in [0.5, 0.6) is 0 Å². The predicted molar refractivity (Wildman–Crippen MR) is 90.7 cm³/mol. The van der Waals surface area contributed by atoms with Crippen molar-refractivity contribution in [1.29, 1.82) is 0 Å². The van der Waals surface area contributed by atoms with Crippen molar-refractivity contribution in [3.63, 3.8) is 0 Å². The number of hydrogen-bond acceptors (Lipinski definition) is 3. The maximum absolute atomic E-state index is 6.36. The molecule has 1 atom stereocenters. The number of thiazole rings is 1. The maximum atomic E-state index is 6.36. The molecule has 20 heavy (non-hydrogen) atoms. The van der Waals surface area contributed by atoms with Gasteiger partial charge in [-0.3, -0.25) is 0 Å². The standard InChI is InChI=1S/C15H18BrClN2S/c1-3-6-18-14(8-15-19-10(2)9-20-15)12-7-11(16)4-5-13(12)17/h4-5,7,9,14,18H,3,6,8H2,1-2H3. The molecule has 2 rings (SSSR count). The zero-order valence-corrected chi connectivity index (χ0v) is 14.8. The van der Waals surface area contributed by atoms with Crippen LogP contribution >= 0.6 is 38.9 Å². The first kappa shape index (κ1) is 16.0. The van der Waals surface area contributed by atoms with Crippen LogP contribution in [-0.2, 0) is 6.42 Å². The molecule has 0 bridgehead atoms. The second kappa shape index (κ2) is 7.55. The number of nitrogens with one attached hydrogen (secondary N) is 1. The van der Waals surface area contributed by atoms with E-state index >= 15 is 0 Å². The second-order valence-electron chi connectivity index (χ2n) is 4.76. The van der Waals surface area contributed by atoms with Crippen molar-refractivity contribution in [3.05, 3.63) is 49.3 Å². The smallest absolute Gasteiger partial charge is 0.0947 e. The summed E-state index contributed by atoms with van der Waals surface area (Å²) in [6.45, 7) is 5.17. The van der Waals surface area contributed by atoms with Crippen molar-refractivity contribution in [2.75, 3.05) is 6.54 Å². The van der Waals surface area contributed by atoms with E-state index < -0.39 is 0 Å². The zero-order chi connectivity index (χ0) is 14.5. The number of rotatable bonds is 6. The highest BCUT2D eigenvalue weighted by atomic mass is 79.9. The fourth-order valence-electron chi connectivity index (χ4n) is 2.06. The maximum Gasteiger partial charge on any atom is 0.0947 e. The Morgan fingerprint density at radius 1 is 1.45 bits per heavy atom. The minimum atomic E-state index is 0.200. The molecule has 0 fully saturated rings. The molecule has 0 aliphatic rings. The lowest BCUT2D eigenvalue weighted by atomic mass is 10.0. The molecule has 0 radical (unpaired) electrons. The topological polar surface area (TPSA) is 24.9 Å². The summed E-state index contributed by atoms with van der Waals surface area (Å²) in [6, 6.07) is 6.20. The largest absolute Gasteiger partial charge is 0.310 e. The summed E-state index contributed by atoms with van der Waals surface area (Å²) in [4.78, 5) is 4.56. The third-order valence-corrected chi connectivity index (χ3v) is 4.85. The molecule has 1 aromatic heterocycles. The van der Waals surface area contributed by atoms with Gasteiger partial charge in [-0.2, -0.15) is 0 Å². The van der Waals surface area contributed by atoms with E-state index in [2.05, 4.69) is 44.6 Å². The van der Waals surface area contributed by atoms with Gasteiger partial charge in [0.2, 0.25) is 0 Å². The summed E-state index contributed by atoms with van der Waals surface area (Å²) in [6.07, 6.45) is 1.97. The first-order chi connectivity index (χ1) is 9.60. The van der Waals surface area contributed by atoms with Crippen molar-refractivity contribution >= 4 is 38.9 Å². The van der Waals surface area contributed by atoms with Crippen LogP contribution in [0.1, 0.15) is 35.7 Å². The Kier molecular flexibility index (Phi) is 6.02. The van der Waals surface area contributed by atoms with E-state index in [4.69, 9.17) is 11.6 Å². The monoisotopic (exact) mass is 372 g/mol. The van der Waals surface area contributed by atoms with Crippen LogP contribution in [0.2, 0.25) is 5.02 Å². The first-order valence-corrected chi connectivity index (χ1v) is 8.74. The average molecular weight is 374 g/mol. The van der Waals surface area contributed by atoms with E-state index in [1.54, 1.807) is 11.3 Å². The van der Waals surface area contributed by atoms with E-state index in [1.807, 2.05) is 19.1 Å². The van der Waals surface area contributed by atoms with E-state index in [9.17, 15) is 0 Å². The van der Waals surface area contributed by atoms with Crippen molar-refractivity contribution in [2.45, 2.75) is 32.7 Å². The number of hydrogen-bond donors (Lipinski definition) is 1. The van der Waals surface area contributed by atoms with Gasteiger partial charge in [-0.1, -0.05) is 34.5 Å². The van der Waals surface area contributed by atoms with E-state index in [0.717, 1.165) is 45.1 Å². The van der Waals surface area contributed by atoms with Crippen molar-refractivity contribution in [3.8, 4) is 0 Å². The van der Waals surface area contributed by atoms with Crippen LogP contribution in [0, 0.1) is 6.92 Å². The Hall–Kier alpha value is -0.420. The molecule has 2 aromatic rings. The van der Waals surface area contributed by atoms with Gasteiger partial charge < -0.3 is 5.32 Å². The highest BCUT2D eigenvalue weighted by Gasteiger charge is 2.16.